The predicted octanol–water partition coefficient (Wildman–Crippen LogP) is 4.78. The Labute approximate surface area is 198 Å². The van der Waals surface area contributed by atoms with E-state index in [1.54, 1.807) is 26.2 Å². The summed E-state index contributed by atoms with van der Waals surface area (Å²) in [5.41, 5.74) is 5.82. The van der Waals surface area contributed by atoms with Crippen molar-refractivity contribution in [3.63, 3.8) is 0 Å². The van der Waals surface area contributed by atoms with E-state index in [0.717, 1.165) is 23.1 Å². The molecule has 9 heteroatoms. The molecule has 2 aromatic carbocycles. The average molecular weight is 474 g/mol. The number of aromatic amines is 1. The van der Waals surface area contributed by atoms with Crippen molar-refractivity contribution < 1.29 is 9.59 Å². The minimum atomic E-state index is -0.343. The highest BCUT2D eigenvalue weighted by Crippen LogP contribution is 2.27. The van der Waals surface area contributed by atoms with Gasteiger partial charge in [-0.2, -0.15) is 5.10 Å². The first-order valence-electron chi connectivity index (χ1n) is 10.1. The summed E-state index contributed by atoms with van der Waals surface area (Å²) < 4.78 is 1.85. The van der Waals surface area contributed by atoms with Gasteiger partial charge in [-0.3, -0.25) is 15.0 Å². The van der Waals surface area contributed by atoms with Gasteiger partial charge in [0.15, 0.2) is 5.82 Å². The molecule has 32 heavy (non-hydrogen) atoms. The van der Waals surface area contributed by atoms with Crippen LogP contribution in [0.2, 0.25) is 5.02 Å². The van der Waals surface area contributed by atoms with Gasteiger partial charge in [0.1, 0.15) is 0 Å². The smallest absolute Gasteiger partial charge is 0.246 e. The number of carbonyl (C=O) groups excluding carboxylic acids is 2. The maximum absolute atomic E-state index is 13.1. The highest BCUT2D eigenvalue weighted by molar-refractivity contribution is 7.71. The number of rotatable bonds is 6. The third-order valence-electron chi connectivity index (χ3n) is 4.59. The first-order chi connectivity index (χ1) is 15.1. The summed E-state index contributed by atoms with van der Waals surface area (Å²) in [7, 11) is 3.38. The van der Waals surface area contributed by atoms with E-state index < -0.39 is 0 Å². The molecular weight excluding hydrogens is 446 g/mol. The zero-order chi connectivity index (χ0) is 23.8. The van der Waals surface area contributed by atoms with Gasteiger partial charge in [-0.25, -0.2) is 9.77 Å². The highest BCUT2D eigenvalue weighted by atomic mass is 35.5. The molecule has 0 fully saturated rings. The van der Waals surface area contributed by atoms with Crippen molar-refractivity contribution in [2.75, 3.05) is 19.5 Å². The van der Waals surface area contributed by atoms with Gasteiger partial charge in [0.05, 0.1) is 5.92 Å². The molecule has 1 aromatic heterocycles. The number of hydrogen-bond donors (Lipinski definition) is 2. The van der Waals surface area contributed by atoms with E-state index in [4.69, 9.17) is 23.8 Å². The molecule has 0 radical (unpaired) electrons. The number of nitrogens with one attached hydrogen (secondary N) is 2. The van der Waals surface area contributed by atoms with E-state index >= 15 is 0 Å². The molecule has 2 amide bonds. The summed E-state index contributed by atoms with van der Waals surface area (Å²) in [4.78, 5) is 23.9. The number of hydrogen-bond acceptors (Lipinski definition) is 4. The minimum Gasteiger partial charge on any atom is -0.351 e. The normalized spacial score (nSPS) is 11.3. The molecule has 3 rings (SSSR count). The fourth-order valence-electron chi connectivity index (χ4n) is 2.99. The first kappa shape index (κ1) is 25.3. The van der Waals surface area contributed by atoms with Crippen LogP contribution in [0.15, 0.2) is 48.5 Å². The van der Waals surface area contributed by atoms with Gasteiger partial charge >= 0.3 is 0 Å². The van der Waals surface area contributed by atoms with E-state index in [9.17, 15) is 9.59 Å². The van der Waals surface area contributed by atoms with Crippen LogP contribution in [0.1, 0.15) is 30.9 Å². The van der Waals surface area contributed by atoms with Gasteiger partial charge in [0, 0.05) is 24.7 Å². The molecule has 1 heterocycles. The topological polar surface area (TPSA) is 83.0 Å². The zero-order valence-electron chi connectivity index (χ0n) is 18.8. The van der Waals surface area contributed by atoms with Crippen molar-refractivity contribution >= 4 is 36.1 Å². The molecule has 170 valence electrons. The van der Waals surface area contributed by atoms with Crippen LogP contribution >= 0.6 is 23.8 Å². The van der Waals surface area contributed by atoms with Crippen LogP contribution < -0.4 is 5.43 Å². The Kier molecular flexibility index (Phi) is 9.16. The second kappa shape index (κ2) is 11.6. The quantitative estimate of drug-likeness (QED) is 0.398. The monoisotopic (exact) mass is 473 g/mol. The number of amides is 2. The first-order valence-corrected chi connectivity index (χ1v) is 10.8. The standard InChI is InChI=1S/C20H21ClN4OS.C3H7NO/c1-12(2)17(14-8-10-16(21)11-9-14)19(26)24-25-18(22-23-20(25)27)15-6-4-13(3)5-7-15;1-4(2)3-5/h4-12,17H,1-3H3,(H,23,27)(H,24,26);3H,1-2H3/t17-;/m1./s1. The van der Waals surface area contributed by atoms with Crippen LogP contribution in [-0.2, 0) is 9.59 Å². The SMILES string of the molecule is CN(C)C=O.Cc1ccc(-c2n[nH]c(=S)n2NC(=O)[C@@H](c2ccc(Cl)cc2)C(C)C)cc1. The fourth-order valence-corrected chi connectivity index (χ4v) is 3.29. The van der Waals surface area contributed by atoms with Crippen LogP contribution in [0, 0.1) is 17.6 Å². The Morgan fingerprint density at radius 3 is 2.22 bits per heavy atom. The third kappa shape index (κ3) is 6.77. The number of benzene rings is 2. The maximum Gasteiger partial charge on any atom is 0.246 e. The Balaban J connectivity index is 0.000000654. The van der Waals surface area contributed by atoms with Gasteiger partial charge < -0.3 is 4.90 Å². The van der Waals surface area contributed by atoms with Crippen molar-refractivity contribution in [3.05, 3.63) is 69.5 Å². The number of H-pyrrole nitrogens is 1. The maximum atomic E-state index is 13.1. The molecule has 0 aliphatic rings. The van der Waals surface area contributed by atoms with Crippen molar-refractivity contribution in [2.24, 2.45) is 5.92 Å². The van der Waals surface area contributed by atoms with Gasteiger partial charge in [-0.15, -0.1) is 0 Å². The fraction of sp³-hybridized carbons (Fsp3) is 0.304. The predicted molar refractivity (Wildman–Crippen MR) is 131 cm³/mol. The Morgan fingerprint density at radius 2 is 1.72 bits per heavy atom. The second-order valence-electron chi connectivity index (χ2n) is 7.87. The molecule has 0 bridgehead atoms. The average Bonchev–Trinajstić information content (AvgIpc) is 3.10. The van der Waals surface area contributed by atoms with Crippen molar-refractivity contribution in [3.8, 4) is 11.4 Å². The minimum absolute atomic E-state index is 0.0927. The lowest BCUT2D eigenvalue weighted by atomic mass is 9.88. The number of carbonyl (C=O) groups is 2. The van der Waals surface area contributed by atoms with Crippen LogP contribution in [0.25, 0.3) is 11.4 Å². The second-order valence-corrected chi connectivity index (χ2v) is 8.70. The third-order valence-corrected chi connectivity index (χ3v) is 5.12. The van der Waals surface area contributed by atoms with Gasteiger partial charge in [-0.1, -0.05) is 67.4 Å². The molecule has 2 N–H and O–H groups in total. The summed E-state index contributed by atoms with van der Waals surface area (Å²) in [6.07, 6.45) is 0.750. The van der Waals surface area contributed by atoms with Gasteiger partial charge in [0.25, 0.3) is 0 Å². The summed E-state index contributed by atoms with van der Waals surface area (Å²) in [6.45, 7) is 6.03. The van der Waals surface area contributed by atoms with Crippen molar-refractivity contribution in [1.29, 1.82) is 0 Å². The molecule has 0 spiro atoms. The molecule has 0 saturated heterocycles. The van der Waals surface area contributed by atoms with Gasteiger partial charge in [0.2, 0.25) is 17.1 Å². The van der Waals surface area contributed by atoms with Crippen LogP contribution in [0.4, 0.5) is 0 Å². The van der Waals surface area contributed by atoms with E-state index in [1.807, 2.05) is 57.2 Å². The zero-order valence-corrected chi connectivity index (χ0v) is 20.4. The Bertz CT molecular complexity index is 1090. The van der Waals surface area contributed by atoms with Crippen molar-refractivity contribution in [2.45, 2.75) is 26.7 Å². The van der Waals surface area contributed by atoms with Crippen molar-refractivity contribution in [1.82, 2.24) is 19.8 Å². The van der Waals surface area contributed by atoms with E-state index in [-0.39, 0.29) is 17.7 Å². The molecule has 0 unspecified atom stereocenters. The number of nitrogens with zero attached hydrogens (tertiary/aromatic N) is 3. The summed E-state index contributed by atoms with van der Waals surface area (Å²) in [5, 5.41) is 7.66. The molecular formula is C23H28ClN5O2S. The number of halogens is 1. The number of aryl methyl sites for hydroxylation is 1. The molecule has 0 aliphatic carbocycles. The lowest BCUT2D eigenvalue weighted by molar-refractivity contribution is -0.119. The Morgan fingerprint density at radius 1 is 1.16 bits per heavy atom. The number of aromatic nitrogens is 3. The van der Waals surface area contributed by atoms with Crippen LogP contribution in [0.5, 0.6) is 0 Å². The highest BCUT2D eigenvalue weighted by Gasteiger charge is 2.25. The lowest BCUT2D eigenvalue weighted by Crippen LogP contribution is -2.31. The molecule has 7 nitrogen and oxygen atoms in total. The lowest BCUT2D eigenvalue weighted by Gasteiger charge is -2.21. The molecule has 3 aromatic rings. The largest absolute Gasteiger partial charge is 0.351 e. The van der Waals surface area contributed by atoms with Crippen LogP contribution in [0.3, 0.4) is 0 Å². The summed E-state index contributed by atoms with van der Waals surface area (Å²) >= 11 is 11.3. The summed E-state index contributed by atoms with van der Waals surface area (Å²) in [6, 6.07) is 15.2. The van der Waals surface area contributed by atoms with E-state index in [2.05, 4.69) is 15.6 Å². The van der Waals surface area contributed by atoms with Gasteiger partial charge in [-0.05, 0) is 42.8 Å². The van der Waals surface area contributed by atoms with Crippen LogP contribution in [-0.4, -0.2) is 46.2 Å². The molecule has 1 atom stereocenters. The summed E-state index contributed by atoms with van der Waals surface area (Å²) in [5.74, 6) is 0.158. The Hall–Kier alpha value is -2.97. The van der Waals surface area contributed by atoms with E-state index in [0.29, 0.717) is 15.6 Å². The molecule has 0 aliphatic heterocycles. The molecule has 0 saturated carbocycles. The van der Waals surface area contributed by atoms with E-state index in [1.165, 1.54) is 9.58 Å².